The summed E-state index contributed by atoms with van der Waals surface area (Å²) in [6, 6.07) is 10.0. The van der Waals surface area contributed by atoms with E-state index in [1.54, 1.807) is 18.2 Å². The number of nitrogens with one attached hydrogen (secondary N) is 1. The number of anilines is 2. The van der Waals surface area contributed by atoms with Gasteiger partial charge in [-0.1, -0.05) is 6.07 Å². The van der Waals surface area contributed by atoms with Crippen molar-refractivity contribution in [2.24, 2.45) is 5.41 Å². The molecule has 154 valence electrons. The maximum Gasteiger partial charge on any atom is 0.395 e. The van der Waals surface area contributed by atoms with E-state index in [9.17, 15) is 22.4 Å². The fraction of sp³-hybridized carbons (Fsp3) is 0.409. The van der Waals surface area contributed by atoms with Crippen LogP contribution in [0, 0.1) is 18.2 Å². The van der Waals surface area contributed by atoms with Gasteiger partial charge < -0.3 is 10.2 Å². The lowest BCUT2D eigenvalue weighted by Crippen LogP contribution is -2.31. The molecule has 0 saturated heterocycles. The smallest absolute Gasteiger partial charge is 0.367 e. The number of amides is 1. The molecule has 1 N–H and O–H groups in total. The van der Waals surface area contributed by atoms with Gasteiger partial charge in [0.2, 0.25) is 5.91 Å². The summed E-state index contributed by atoms with van der Waals surface area (Å²) in [5.41, 5.74) is 2.78. The fourth-order valence-electron chi connectivity index (χ4n) is 4.06. The maximum absolute atomic E-state index is 13.2. The van der Waals surface area contributed by atoms with Gasteiger partial charge in [0.05, 0.1) is 5.41 Å². The molecule has 1 amide bonds. The van der Waals surface area contributed by atoms with E-state index < -0.39 is 23.9 Å². The van der Waals surface area contributed by atoms with Crippen molar-refractivity contribution in [3.8, 4) is 0 Å². The molecule has 0 aromatic heterocycles. The quantitative estimate of drug-likeness (QED) is 0.693. The summed E-state index contributed by atoms with van der Waals surface area (Å²) in [7, 11) is 0. The molecule has 2 aromatic rings. The van der Waals surface area contributed by atoms with Gasteiger partial charge in [-0.05, 0) is 73.2 Å². The Hall–Kier alpha value is -2.57. The van der Waals surface area contributed by atoms with Crippen molar-refractivity contribution in [1.29, 1.82) is 0 Å². The lowest BCUT2D eigenvalue weighted by molar-refractivity contribution is -0.189. The summed E-state index contributed by atoms with van der Waals surface area (Å²) in [5.74, 6) is -0.868. The van der Waals surface area contributed by atoms with Gasteiger partial charge in [0.15, 0.2) is 0 Å². The van der Waals surface area contributed by atoms with Gasteiger partial charge in [-0.3, -0.25) is 4.79 Å². The Morgan fingerprint density at radius 2 is 1.83 bits per heavy atom. The number of alkyl halides is 3. The molecular weight excluding hydrogens is 384 g/mol. The first-order valence-corrected chi connectivity index (χ1v) is 9.67. The second-order valence-electron chi connectivity index (χ2n) is 8.03. The van der Waals surface area contributed by atoms with Gasteiger partial charge in [-0.25, -0.2) is 4.39 Å². The number of halogens is 4. The Morgan fingerprint density at radius 1 is 1.14 bits per heavy atom. The third kappa shape index (κ3) is 3.82. The Kier molecular flexibility index (Phi) is 4.79. The van der Waals surface area contributed by atoms with Crippen LogP contribution in [0.15, 0.2) is 36.4 Å². The van der Waals surface area contributed by atoms with E-state index in [1.807, 2.05) is 13.0 Å². The first-order valence-electron chi connectivity index (χ1n) is 9.67. The van der Waals surface area contributed by atoms with Crippen LogP contribution < -0.4 is 10.2 Å². The van der Waals surface area contributed by atoms with Gasteiger partial charge in [0.25, 0.3) is 0 Å². The normalized spacial score (nSPS) is 17.6. The van der Waals surface area contributed by atoms with E-state index in [-0.39, 0.29) is 18.7 Å². The molecule has 29 heavy (non-hydrogen) atoms. The van der Waals surface area contributed by atoms with Crippen LogP contribution in [0.5, 0.6) is 0 Å². The number of fused-ring (bicyclic) bond motifs is 1. The van der Waals surface area contributed by atoms with Crippen LogP contribution in [0.2, 0.25) is 0 Å². The maximum atomic E-state index is 13.2. The average molecular weight is 406 g/mol. The molecule has 3 nitrogen and oxygen atoms in total. The highest BCUT2D eigenvalue weighted by atomic mass is 19.4. The number of nitrogens with zero attached hydrogens (tertiary/aromatic N) is 1. The van der Waals surface area contributed by atoms with Gasteiger partial charge >= 0.3 is 6.18 Å². The lowest BCUT2D eigenvalue weighted by Gasteiger charge is -2.32. The second kappa shape index (κ2) is 7.04. The molecule has 2 aliphatic rings. The van der Waals surface area contributed by atoms with E-state index in [4.69, 9.17) is 0 Å². The second-order valence-corrected chi connectivity index (χ2v) is 8.03. The Bertz CT molecular complexity index is 933. The minimum absolute atomic E-state index is 0.0201. The first kappa shape index (κ1) is 19.7. The van der Waals surface area contributed by atoms with E-state index >= 15 is 0 Å². The largest absolute Gasteiger partial charge is 0.395 e. The van der Waals surface area contributed by atoms with E-state index in [1.165, 1.54) is 12.1 Å². The molecule has 0 spiro atoms. The molecule has 0 radical (unpaired) electrons. The molecule has 4 rings (SSSR count). The van der Waals surface area contributed by atoms with Crippen molar-refractivity contribution >= 4 is 17.3 Å². The summed E-state index contributed by atoms with van der Waals surface area (Å²) < 4.78 is 52.4. The number of carbonyl (C=O) groups is 1. The van der Waals surface area contributed by atoms with Gasteiger partial charge in [-0.15, -0.1) is 0 Å². The van der Waals surface area contributed by atoms with E-state index in [2.05, 4.69) is 10.2 Å². The molecule has 0 bridgehead atoms. The predicted octanol–water partition coefficient (Wildman–Crippen LogP) is 5.37. The minimum Gasteiger partial charge on any atom is -0.367 e. The predicted molar refractivity (Wildman–Crippen MR) is 103 cm³/mol. The number of benzene rings is 2. The summed E-state index contributed by atoms with van der Waals surface area (Å²) in [5, 5.41) is 2.68. The zero-order chi connectivity index (χ0) is 20.8. The molecule has 0 atom stereocenters. The molecule has 7 heteroatoms. The molecule has 2 aromatic carbocycles. The Balaban J connectivity index is 1.47. The van der Waals surface area contributed by atoms with Crippen molar-refractivity contribution < 1.29 is 22.4 Å². The number of carbonyl (C=O) groups excluding carboxylic acids is 1. The molecule has 1 saturated carbocycles. The molecule has 1 aliphatic heterocycles. The summed E-state index contributed by atoms with van der Waals surface area (Å²) in [4.78, 5) is 14.4. The SMILES string of the molecule is Cc1c(NC(=O)CC2(C(F)(F)F)CC2)ccc2c1CCN(c1ccc(F)cc1)C2. The third-order valence-corrected chi connectivity index (χ3v) is 6.11. The van der Waals surface area contributed by atoms with Crippen molar-refractivity contribution in [1.82, 2.24) is 0 Å². The van der Waals surface area contributed by atoms with Crippen molar-refractivity contribution in [2.75, 3.05) is 16.8 Å². The van der Waals surface area contributed by atoms with E-state index in [0.717, 1.165) is 35.3 Å². The van der Waals surface area contributed by atoms with Crippen LogP contribution in [0.25, 0.3) is 0 Å². The first-order chi connectivity index (χ1) is 13.7. The van der Waals surface area contributed by atoms with Crippen molar-refractivity contribution in [2.45, 2.75) is 45.3 Å². The van der Waals surface area contributed by atoms with Crippen LogP contribution in [-0.4, -0.2) is 18.6 Å². The van der Waals surface area contributed by atoms with Crippen molar-refractivity contribution in [3.63, 3.8) is 0 Å². The number of rotatable bonds is 4. The molecule has 0 unspecified atom stereocenters. The highest BCUT2D eigenvalue weighted by Crippen LogP contribution is 2.60. The zero-order valence-corrected chi connectivity index (χ0v) is 16.1. The molecule has 1 fully saturated rings. The molecule has 1 heterocycles. The monoisotopic (exact) mass is 406 g/mol. The number of hydrogen-bond donors (Lipinski definition) is 1. The van der Waals surface area contributed by atoms with Gasteiger partial charge in [0.1, 0.15) is 5.82 Å². The van der Waals surface area contributed by atoms with Crippen LogP contribution in [0.3, 0.4) is 0 Å². The molecule has 1 aliphatic carbocycles. The molecular formula is C22H22F4N2O. The van der Waals surface area contributed by atoms with Crippen LogP contribution in [0.4, 0.5) is 28.9 Å². The van der Waals surface area contributed by atoms with Gasteiger partial charge in [0, 0.05) is 30.9 Å². The zero-order valence-electron chi connectivity index (χ0n) is 16.1. The highest BCUT2D eigenvalue weighted by Gasteiger charge is 2.63. The highest BCUT2D eigenvalue weighted by molar-refractivity contribution is 5.92. The average Bonchev–Trinajstić information content (AvgIpc) is 3.45. The summed E-state index contributed by atoms with van der Waals surface area (Å²) in [6.07, 6.45) is -4.07. The van der Waals surface area contributed by atoms with Crippen LogP contribution >= 0.6 is 0 Å². The van der Waals surface area contributed by atoms with Crippen molar-refractivity contribution in [3.05, 3.63) is 58.9 Å². The van der Waals surface area contributed by atoms with Crippen LogP contribution in [-0.2, 0) is 17.8 Å². The fourth-order valence-corrected chi connectivity index (χ4v) is 4.06. The topological polar surface area (TPSA) is 32.3 Å². The Morgan fingerprint density at radius 3 is 2.45 bits per heavy atom. The standard InChI is InChI=1S/C22H22F4N2O/c1-14-18-8-11-28(17-5-3-16(23)4-6-17)13-15(18)2-7-19(14)27-20(29)12-21(9-10-21)22(24,25)26/h2-7H,8-13H2,1H3,(H,27,29). The minimum atomic E-state index is -4.33. The third-order valence-electron chi connectivity index (χ3n) is 6.11. The number of hydrogen-bond acceptors (Lipinski definition) is 2. The van der Waals surface area contributed by atoms with Gasteiger partial charge in [-0.2, -0.15) is 13.2 Å². The van der Waals surface area contributed by atoms with E-state index in [0.29, 0.717) is 12.2 Å². The lowest BCUT2D eigenvalue weighted by atomic mass is 9.93. The Labute approximate surface area is 166 Å². The summed E-state index contributed by atoms with van der Waals surface area (Å²) >= 11 is 0. The van der Waals surface area contributed by atoms with Crippen LogP contribution in [0.1, 0.15) is 36.0 Å². The summed E-state index contributed by atoms with van der Waals surface area (Å²) in [6.45, 7) is 3.29.